The van der Waals surface area contributed by atoms with Crippen LogP contribution in [0.15, 0.2) is 42.6 Å². The van der Waals surface area contributed by atoms with E-state index in [-0.39, 0.29) is 28.8 Å². The average Bonchev–Trinajstić information content (AvgIpc) is 3.29. The van der Waals surface area contributed by atoms with E-state index in [0.29, 0.717) is 16.9 Å². The fourth-order valence-corrected chi connectivity index (χ4v) is 4.02. The summed E-state index contributed by atoms with van der Waals surface area (Å²) in [6.07, 6.45) is 1.63. The van der Waals surface area contributed by atoms with Crippen LogP contribution in [0.1, 0.15) is 28.8 Å². The lowest BCUT2D eigenvalue weighted by molar-refractivity contribution is 0.0979. The van der Waals surface area contributed by atoms with Crippen LogP contribution in [0.25, 0.3) is 10.2 Å². The van der Waals surface area contributed by atoms with E-state index in [1.54, 1.807) is 29.1 Å². The Morgan fingerprint density at radius 2 is 2.07 bits per heavy atom. The van der Waals surface area contributed by atoms with Gasteiger partial charge in [0.15, 0.2) is 16.6 Å². The van der Waals surface area contributed by atoms with Gasteiger partial charge < -0.3 is 0 Å². The number of aromatic nitrogens is 4. The topological polar surface area (TPSA) is 63.9 Å². The van der Waals surface area contributed by atoms with Crippen molar-refractivity contribution in [3.63, 3.8) is 0 Å². The Morgan fingerprint density at radius 3 is 2.76 bits per heavy atom. The van der Waals surface area contributed by atoms with Gasteiger partial charge in [0.05, 0.1) is 16.9 Å². The highest BCUT2D eigenvalue weighted by molar-refractivity contribution is 7.22. The van der Waals surface area contributed by atoms with Crippen molar-refractivity contribution in [2.75, 3.05) is 4.90 Å². The molecule has 0 saturated carbocycles. The Hall–Kier alpha value is -3.20. The minimum Gasteiger partial charge on any atom is -0.276 e. The van der Waals surface area contributed by atoms with E-state index in [1.807, 2.05) is 19.9 Å². The van der Waals surface area contributed by atoms with Gasteiger partial charge >= 0.3 is 0 Å². The van der Waals surface area contributed by atoms with Gasteiger partial charge in [0.2, 0.25) is 0 Å². The molecule has 9 heteroatoms. The molecule has 1 aromatic carbocycles. The number of nitrogens with zero attached hydrogens (tertiary/aromatic N) is 5. The van der Waals surface area contributed by atoms with Crippen LogP contribution in [-0.2, 0) is 13.1 Å². The van der Waals surface area contributed by atoms with Crippen LogP contribution < -0.4 is 4.90 Å². The summed E-state index contributed by atoms with van der Waals surface area (Å²) in [6.45, 7) is 4.56. The highest BCUT2D eigenvalue weighted by Crippen LogP contribution is 2.32. The molecular formula is C20H17F2N5OS. The summed E-state index contributed by atoms with van der Waals surface area (Å²) in [5.74, 6) is -1.84. The van der Waals surface area contributed by atoms with Gasteiger partial charge in [0.25, 0.3) is 5.91 Å². The summed E-state index contributed by atoms with van der Waals surface area (Å²) in [6, 6.07) is 9.06. The molecule has 0 saturated heterocycles. The molecule has 29 heavy (non-hydrogen) atoms. The van der Waals surface area contributed by atoms with Crippen molar-refractivity contribution < 1.29 is 13.6 Å². The van der Waals surface area contributed by atoms with Crippen molar-refractivity contribution >= 4 is 32.6 Å². The first-order chi connectivity index (χ1) is 14.0. The van der Waals surface area contributed by atoms with Crippen LogP contribution in [0.4, 0.5) is 13.9 Å². The van der Waals surface area contributed by atoms with E-state index in [0.717, 1.165) is 23.1 Å². The van der Waals surface area contributed by atoms with Crippen LogP contribution in [-0.4, -0.2) is 25.7 Å². The maximum absolute atomic E-state index is 14.1. The number of halogens is 2. The minimum atomic E-state index is -0.765. The van der Waals surface area contributed by atoms with Gasteiger partial charge in [0, 0.05) is 24.5 Å². The molecule has 4 aromatic rings. The number of rotatable bonds is 5. The number of pyridine rings is 1. The first-order valence-corrected chi connectivity index (χ1v) is 9.79. The summed E-state index contributed by atoms with van der Waals surface area (Å²) in [4.78, 5) is 23.2. The molecule has 1 amide bonds. The summed E-state index contributed by atoms with van der Waals surface area (Å²) in [5, 5.41) is 4.60. The molecule has 0 aliphatic carbocycles. The fraction of sp³-hybridized carbons (Fsp3) is 0.200. The van der Waals surface area contributed by atoms with Crippen LogP contribution in [0.3, 0.4) is 0 Å². The molecule has 0 N–H and O–H groups in total. The standard InChI is InChI=1S/C20H17F2N5OS/c1-3-27-12(2)8-16(25-27)19(28)26(11-14-6-4-5-7-23-14)20-24-18-15(22)9-13(21)10-17(18)29-20/h4-10H,3,11H2,1-2H3. The Kier molecular flexibility index (Phi) is 5.06. The predicted molar refractivity (Wildman–Crippen MR) is 107 cm³/mol. The molecule has 6 nitrogen and oxygen atoms in total. The normalized spacial score (nSPS) is 11.2. The van der Waals surface area contributed by atoms with E-state index in [9.17, 15) is 13.6 Å². The van der Waals surface area contributed by atoms with Crippen molar-refractivity contribution in [3.05, 3.63) is 71.3 Å². The van der Waals surface area contributed by atoms with Gasteiger partial charge in [-0.25, -0.2) is 13.8 Å². The lowest BCUT2D eigenvalue weighted by Crippen LogP contribution is -2.31. The van der Waals surface area contributed by atoms with Gasteiger partial charge in [-0.2, -0.15) is 5.10 Å². The van der Waals surface area contributed by atoms with Crippen molar-refractivity contribution in [2.45, 2.75) is 26.9 Å². The fourth-order valence-electron chi connectivity index (χ4n) is 3.01. The summed E-state index contributed by atoms with van der Waals surface area (Å²) in [7, 11) is 0. The maximum Gasteiger partial charge on any atom is 0.280 e. The zero-order valence-electron chi connectivity index (χ0n) is 15.8. The Morgan fingerprint density at radius 1 is 1.24 bits per heavy atom. The molecule has 4 rings (SSSR count). The number of anilines is 1. The van der Waals surface area contributed by atoms with E-state index >= 15 is 0 Å². The number of hydrogen-bond donors (Lipinski definition) is 0. The van der Waals surface area contributed by atoms with E-state index in [1.165, 1.54) is 11.0 Å². The quantitative estimate of drug-likeness (QED) is 0.488. The summed E-state index contributed by atoms with van der Waals surface area (Å²) in [5.41, 5.74) is 1.77. The van der Waals surface area contributed by atoms with Crippen molar-refractivity contribution in [1.29, 1.82) is 0 Å². The third-order valence-corrected chi connectivity index (χ3v) is 5.45. The number of fused-ring (bicyclic) bond motifs is 1. The van der Waals surface area contributed by atoms with Crippen molar-refractivity contribution in [3.8, 4) is 0 Å². The second kappa shape index (κ2) is 7.67. The third kappa shape index (κ3) is 3.73. The highest BCUT2D eigenvalue weighted by Gasteiger charge is 2.25. The van der Waals surface area contributed by atoms with E-state index in [4.69, 9.17) is 0 Å². The Labute approximate surface area is 169 Å². The van der Waals surface area contributed by atoms with Crippen LogP contribution in [0, 0.1) is 18.6 Å². The molecule has 0 atom stereocenters. The monoisotopic (exact) mass is 413 g/mol. The Balaban J connectivity index is 1.79. The lowest BCUT2D eigenvalue weighted by Gasteiger charge is -2.18. The second-order valence-electron chi connectivity index (χ2n) is 6.43. The number of carbonyl (C=O) groups is 1. The number of aryl methyl sites for hydroxylation is 2. The predicted octanol–water partition coefficient (Wildman–Crippen LogP) is 4.34. The van der Waals surface area contributed by atoms with E-state index < -0.39 is 11.6 Å². The molecule has 3 aromatic heterocycles. The van der Waals surface area contributed by atoms with Gasteiger partial charge in [-0.15, -0.1) is 0 Å². The molecule has 0 fully saturated rings. The Bertz CT molecular complexity index is 1190. The largest absolute Gasteiger partial charge is 0.280 e. The molecule has 148 valence electrons. The van der Waals surface area contributed by atoms with Gasteiger partial charge in [-0.05, 0) is 38.1 Å². The molecule has 0 aliphatic rings. The number of thiazole rings is 1. The van der Waals surface area contributed by atoms with Crippen LogP contribution in [0.5, 0.6) is 0 Å². The molecule has 0 radical (unpaired) electrons. The van der Waals surface area contributed by atoms with Crippen LogP contribution >= 0.6 is 11.3 Å². The summed E-state index contributed by atoms with van der Waals surface area (Å²) < 4.78 is 29.8. The van der Waals surface area contributed by atoms with Gasteiger partial charge in [-0.3, -0.25) is 19.4 Å². The third-order valence-electron chi connectivity index (χ3n) is 4.42. The number of carbonyl (C=O) groups excluding carboxylic acids is 1. The second-order valence-corrected chi connectivity index (χ2v) is 7.44. The molecule has 0 spiro atoms. The number of hydrogen-bond acceptors (Lipinski definition) is 5. The maximum atomic E-state index is 14.1. The average molecular weight is 413 g/mol. The number of benzene rings is 1. The molecule has 0 aliphatic heterocycles. The SMILES string of the molecule is CCn1nc(C(=O)N(Cc2ccccn2)c2nc3c(F)cc(F)cc3s2)cc1C. The van der Waals surface area contributed by atoms with Gasteiger partial charge in [0.1, 0.15) is 11.3 Å². The minimum absolute atomic E-state index is 0.0282. The first-order valence-electron chi connectivity index (χ1n) is 8.98. The molecular weight excluding hydrogens is 396 g/mol. The van der Waals surface area contributed by atoms with Crippen LogP contribution in [0.2, 0.25) is 0 Å². The molecule has 0 bridgehead atoms. The molecule has 0 unspecified atom stereocenters. The zero-order chi connectivity index (χ0) is 20.5. The molecule has 3 heterocycles. The van der Waals surface area contributed by atoms with Crippen molar-refractivity contribution in [1.82, 2.24) is 19.7 Å². The first kappa shape index (κ1) is 19.1. The highest BCUT2D eigenvalue weighted by atomic mass is 32.1. The lowest BCUT2D eigenvalue weighted by atomic mass is 10.3. The zero-order valence-corrected chi connectivity index (χ0v) is 16.6. The smallest absolute Gasteiger partial charge is 0.276 e. The van der Waals surface area contributed by atoms with Crippen molar-refractivity contribution in [2.24, 2.45) is 0 Å². The van der Waals surface area contributed by atoms with Gasteiger partial charge in [-0.1, -0.05) is 17.4 Å². The number of amides is 1. The van der Waals surface area contributed by atoms with E-state index in [2.05, 4.69) is 15.1 Å². The summed E-state index contributed by atoms with van der Waals surface area (Å²) >= 11 is 1.04.